The van der Waals surface area contributed by atoms with Crippen molar-refractivity contribution in [3.63, 3.8) is 0 Å². The van der Waals surface area contributed by atoms with Crippen LogP contribution in [0.3, 0.4) is 0 Å². The van der Waals surface area contributed by atoms with Gasteiger partial charge in [-0.05, 0) is 0 Å². The van der Waals surface area contributed by atoms with Gasteiger partial charge in [-0.2, -0.15) is 5.26 Å². The van der Waals surface area contributed by atoms with E-state index in [9.17, 15) is 9.59 Å². The molecule has 1 amide bonds. The van der Waals surface area contributed by atoms with E-state index in [0.717, 1.165) is 31.4 Å². The average Bonchev–Trinajstić information content (AvgIpc) is 2.48. The standard InChI is InChI=1S/C13H21N3O4S/c14-2-1-3-16(12(17)10-21-11-13(18)19)5-4-15-6-8-20-9-7-15/h1,3-11H2,(H,18,19). The zero-order valence-electron chi connectivity index (χ0n) is 12.0. The molecule has 1 rings (SSSR count). The van der Waals surface area contributed by atoms with Crippen LogP contribution in [-0.4, -0.2) is 84.2 Å². The molecule has 0 atom stereocenters. The molecule has 7 nitrogen and oxygen atoms in total. The lowest BCUT2D eigenvalue weighted by Crippen LogP contribution is -2.43. The number of thioether (sulfide) groups is 1. The van der Waals surface area contributed by atoms with Gasteiger partial charge in [-0.15, -0.1) is 11.8 Å². The van der Waals surface area contributed by atoms with Gasteiger partial charge in [0.2, 0.25) is 5.91 Å². The highest BCUT2D eigenvalue weighted by Gasteiger charge is 2.16. The van der Waals surface area contributed by atoms with E-state index in [4.69, 9.17) is 15.1 Å². The maximum atomic E-state index is 12.1. The molecule has 0 unspecified atom stereocenters. The molecule has 0 saturated carbocycles. The molecule has 1 aliphatic rings. The monoisotopic (exact) mass is 315 g/mol. The average molecular weight is 315 g/mol. The Labute approximate surface area is 128 Å². The Hall–Kier alpha value is -1.30. The van der Waals surface area contributed by atoms with Crippen LogP contribution in [-0.2, 0) is 14.3 Å². The van der Waals surface area contributed by atoms with E-state index in [1.54, 1.807) is 4.90 Å². The van der Waals surface area contributed by atoms with Crippen LogP contribution in [0.2, 0.25) is 0 Å². The van der Waals surface area contributed by atoms with Crippen molar-refractivity contribution < 1.29 is 19.4 Å². The van der Waals surface area contributed by atoms with Gasteiger partial charge < -0.3 is 14.7 Å². The number of hydrogen-bond acceptors (Lipinski definition) is 6. The van der Waals surface area contributed by atoms with Gasteiger partial charge in [0.15, 0.2) is 0 Å². The number of carboxylic acid groups (broad SMARTS) is 1. The Morgan fingerprint density at radius 1 is 1.29 bits per heavy atom. The van der Waals surface area contributed by atoms with Gasteiger partial charge in [0.05, 0.1) is 37.2 Å². The van der Waals surface area contributed by atoms with Crippen LogP contribution in [0.15, 0.2) is 0 Å². The summed E-state index contributed by atoms with van der Waals surface area (Å²) in [7, 11) is 0. The van der Waals surface area contributed by atoms with E-state index in [0.29, 0.717) is 32.7 Å². The third-order valence-electron chi connectivity index (χ3n) is 3.09. The number of carbonyl (C=O) groups is 2. The van der Waals surface area contributed by atoms with Crippen molar-refractivity contribution >= 4 is 23.6 Å². The number of aliphatic carboxylic acids is 1. The molecule has 0 aromatic heterocycles. The molecule has 8 heteroatoms. The van der Waals surface area contributed by atoms with E-state index in [1.165, 1.54) is 0 Å². The Bertz CT molecular complexity index is 380. The number of ether oxygens (including phenoxy) is 1. The molecule has 1 aliphatic heterocycles. The van der Waals surface area contributed by atoms with E-state index >= 15 is 0 Å². The highest BCUT2D eigenvalue weighted by atomic mass is 32.2. The van der Waals surface area contributed by atoms with Crippen LogP contribution in [0.1, 0.15) is 6.42 Å². The number of amides is 1. The highest BCUT2D eigenvalue weighted by Crippen LogP contribution is 2.05. The van der Waals surface area contributed by atoms with Crippen LogP contribution in [0.4, 0.5) is 0 Å². The molecule has 1 fully saturated rings. The molecule has 0 aromatic rings. The summed E-state index contributed by atoms with van der Waals surface area (Å²) in [5.74, 6) is -0.975. The number of carboxylic acids is 1. The predicted molar refractivity (Wildman–Crippen MR) is 79.0 cm³/mol. The third kappa shape index (κ3) is 7.90. The fraction of sp³-hybridized carbons (Fsp3) is 0.769. The Kier molecular flexibility index (Phi) is 8.82. The number of nitrogens with zero attached hydrogens (tertiary/aromatic N) is 3. The lowest BCUT2D eigenvalue weighted by molar-refractivity contribution is -0.133. The summed E-state index contributed by atoms with van der Waals surface area (Å²) < 4.78 is 5.27. The smallest absolute Gasteiger partial charge is 0.313 e. The summed E-state index contributed by atoms with van der Waals surface area (Å²) in [5.41, 5.74) is 0. The van der Waals surface area contributed by atoms with Crippen LogP contribution < -0.4 is 0 Å². The fourth-order valence-corrected chi connectivity index (χ4v) is 2.58. The Morgan fingerprint density at radius 3 is 2.62 bits per heavy atom. The Morgan fingerprint density at radius 2 is 2.00 bits per heavy atom. The minimum absolute atomic E-state index is 0.0820. The molecule has 0 bridgehead atoms. The van der Waals surface area contributed by atoms with Crippen molar-refractivity contribution in [2.24, 2.45) is 0 Å². The first kappa shape index (κ1) is 17.8. The molecule has 0 spiro atoms. The zero-order chi connectivity index (χ0) is 15.5. The molecule has 0 aliphatic carbocycles. The van der Waals surface area contributed by atoms with Crippen molar-refractivity contribution in [1.82, 2.24) is 9.80 Å². The minimum Gasteiger partial charge on any atom is -0.481 e. The molecule has 1 N–H and O–H groups in total. The first-order chi connectivity index (χ1) is 10.1. The fourth-order valence-electron chi connectivity index (χ4n) is 1.95. The molecule has 0 radical (unpaired) electrons. The Balaban J connectivity index is 2.36. The third-order valence-corrected chi connectivity index (χ3v) is 3.99. The second-order valence-corrected chi connectivity index (χ2v) is 5.62. The van der Waals surface area contributed by atoms with Crippen molar-refractivity contribution in [2.45, 2.75) is 6.42 Å². The van der Waals surface area contributed by atoms with Gasteiger partial charge in [-0.3, -0.25) is 14.5 Å². The van der Waals surface area contributed by atoms with Crippen LogP contribution in [0, 0.1) is 11.3 Å². The van der Waals surface area contributed by atoms with E-state index in [2.05, 4.69) is 4.90 Å². The topological polar surface area (TPSA) is 93.9 Å². The maximum absolute atomic E-state index is 12.1. The number of carbonyl (C=O) groups excluding carboxylic acids is 1. The van der Waals surface area contributed by atoms with Crippen molar-refractivity contribution in [2.75, 3.05) is 57.4 Å². The first-order valence-corrected chi connectivity index (χ1v) is 8.03. The summed E-state index contributed by atoms with van der Waals surface area (Å²) in [6.45, 7) is 4.84. The first-order valence-electron chi connectivity index (χ1n) is 6.88. The summed E-state index contributed by atoms with van der Waals surface area (Å²) in [6.07, 6.45) is 0.290. The molecule has 21 heavy (non-hydrogen) atoms. The van der Waals surface area contributed by atoms with Crippen LogP contribution in [0.25, 0.3) is 0 Å². The van der Waals surface area contributed by atoms with Gasteiger partial charge in [0, 0.05) is 32.7 Å². The van der Waals surface area contributed by atoms with Gasteiger partial charge in [-0.25, -0.2) is 0 Å². The highest BCUT2D eigenvalue weighted by molar-refractivity contribution is 8.00. The van der Waals surface area contributed by atoms with Gasteiger partial charge in [0.1, 0.15) is 0 Å². The number of nitriles is 1. The van der Waals surface area contributed by atoms with Crippen molar-refractivity contribution in [3.8, 4) is 6.07 Å². The summed E-state index contributed by atoms with van der Waals surface area (Å²) in [4.78, 5) is 26.4. The maximum Gasteiger partial charge on any atom is 0.313 e. The number of morpholine rings is 1. The predicted octanol–water partition coefficient (Wildman–Crippen LogP) is -0.121. The molecule has 1 saturated heterocycles. The van der Waals surface area contributed by atoms with E-state index < -0.39 is 5.97 Å². The number of hydrogen-bond donors (Lipinski definition) is 1. The summed E-state index contributed by atoms with van der Waals surface area (Å²) in [5, 5.41) is 17.2. The lowest BCUT2D eigenvalue weighted by atomic mass is 10.3. The molecule has 118 valence electrons. The quantitative estimate of drug-likeness (QED) is 0.634. The zero-order valence-corrected chi connectivity index (χ0v) is 12.8. The van der Waals surface area contributed by atoms with Crippen LogP contribution >= 0.6 is 11.8 Å². The van der Waals surface area contributed by atoms with Crippen LogP contribution in [0.5, 0.6) is 0 Å². The second kappa shape index (κ2) is 10.4. The normalized spacial score (nSPS) is 15.4. The molecule has 1 heterocycles. The largest absolute Gasteiger partial charge is 0.481 e. The number of rotatable bonds is 9. The van der Waals surface area contributed by atoms with Crippen molar-refractivity contribution in [3.05, 3.63) is 0 Å². The SMILES string of the molecule is N#CCCN(CCN1CCOCC1)C(=O)CSCC(=O)O. The van der Waals surface area contributed by atoms with Gasteiger partial charge in [-0.1, -0.05) is 0 Å². The molecular weight excluding hydrogens is 294 g/mol. The van der Waals surface area contributed by atoms with Gasteiger partial charge >= 0.3 is 5.97 Å². The lowest BCUT2D eigenvalue weighted by Gasteiger charge is -2.29. The summed E-state index contributed by atoms with van der Waals surface area (Å²) >= 11 is 1.09. The second-order valence-electron chi connectivity index (χ2n) is 4.63. The van der Waals surface area contributed by atoms with E-state index in [-0.39, 0.29) is 17.4 Å². The molecule has 0 aromatic carbocycles. The minimum atomic E-state index is -0.926. The van der Waals surface area contributed by atoms with Gasteiger partial charge in [0.25, 0.3) is 0 Å². The summed E-state index contributed by atoms with van der Waals surface area (Å²) in [6, 6.07) is 2.04. The molecular formula is C13H21N3O4S. The van der Waals surface area contributed by atoms with Crippen molar-refractivity contribution in [1.29, 1.82) is 5.26 Å². The van der Waals surface area contributed by atoms with E-state index in [1.807, 2.05) is 6.07 Å².